The van der Waals surface area contributed by atoms with Gasteiger partial charge in [0.25, 0.3) is 5.91 Å². The molecule has 3 unspecified atom stereocenters. The van der Waals surface area contributed by atoms with Gasteiger partial charge in [-0.15, -0.1) is 0 Å². The molecule has 0 spiro atoms. The van der Waals surface area contributed by atoms with Crippen LogP contribution in [0.1, 0.15) is 72.8 Å². The molecule has 3 aliphatic heterocycles. The van der Waals surface area contributed by atoms with Crippen LogP contribution in [0.4, 0.5) is 0 Å². The van der Waals surface area contributed by atoms with E-state index in [1.807, 2.05) is 19.9 Å². The van der Waals surface area contributed by atoms with Gasteiger partial charge in [-0.2, -0.15) is 0 Å². The number of nitrogens with one attached hydrogen (secondary N) is 3. The Morgan fingerprint density at radius 2 is 1.92 bits per heavy atom. The average molecular weight is 508 g/mol. The largest absolute Gasteiger partial charge is 0.379 e. The molecular formula is C29H41N5O3. The highest BCUT2D eigenvalue weighted by Crippen LogP contribution is 2.33. The topological polar surface area (TPSA) is 87.1 Å². The van der Waals surface area contributed by atoms with Crippen molar-refractivity contribution in [3.8, 4) is 0 Å². The van der Waals surface area contributed by atoms with Crippen molar-refractivity contribution < 1.29 is 14.3 Å². The van der Waals surface area contributed by atoms with E-state index in [-0.39, 0.29) is 29.7 Å². The predicted molar refractivity (Wildman–Crippen MR) is 145 cm³/mol. The quantitative estimate of drug-likeness (QED) is 0.559. The van der Waals surface area contributed by atoms with Crippen LogP contribution in [0.5, 0.6) is 0 Å². The fourth-order valence-electron chi connectivity index (χ4n) is 6.32. The molecule has 5 rings (SSSR count). The van der Waals surface area contributed by atoms with Crippen molar-refractivity contribution in [2.75, 3.05) is 45.9 Å². The molecule has 37 heavy (non-hydrogen) atoms. The molecule has 0 aromatic carbocycles. The van der Waals surface area contributed by atoms with Crippen LogP contribution in [0, 0.1) is 18.8 Å². The zero-order chi connectivity index (χ0) is 26.1. The van der Waals surface area contributed by atoms with E-state index in [4.69, 9.17) is 4.74 Å². The van der Waals surface area contributed by atoms with Gasteiger partial charge in [-0.1, -0.05) is 13.0 Å². The highest BCUT2D eigenvalue weighted by Gasteiger charge is 2.30. The highest BCUT2D eigenvalue weighted by atomic mass is 16.5. The van der Waals surface area contributed by atoms with E-state index in [1.165, 1.54) is 5.56 Å². The van der Waals surface area contributed by atoms with Gasteiger partial charge in [0.2, 0.25) is 5.91 Å². The molecule has 2 aromatic heterocycles. The number of pyridine rings is 1. The summed E-state index contributed by atoms with van der Waals surface area (Å²) in [5.41, 5.74) is 6.12. The minimum Gasteiger partial charge on any atom is -0.379 e. The predicted octanol–water partition coefficient (Wildman–Crippen LogP) is 3.12. The second kappa shape index (κ2) is 11.0. The number of morpholine rings is 1. The SMILES string of the molecule is CC1=CC(C)C(CNC(=O)c2cc3cc(C4CCNCC4)cn3c(C(C)N3CCOCC3)c2C)C(=O)N1. The van der Waals surface area contributed by atoms with E-state index in [2.05, 4.69) is 57.4 Å². The molecule has 0 aliphatic carbocycles. The van der Waals surface area contributed by atoms with E-state index in [0.29, 0.717) is 18.0 Å². The minimum atomic E-state index is -0.275. The van der Waals surface area contributed by atoms with Crippen LogP contribution in [0.15, 0.2) is 30.1 Å². The van der Waals surface area contributed by atoms with Crippen molar-refractivity contribution >= 4 is 17.3 Å². The van der Waals surface area contributed by atoms with E-state index < -0.39 is 0 Å². The molecule has 3 atom stereocenters. The summed E-state index contributed by atoms with van der Waals surface area (Å²) in [6, 6.07) is 4.44. The summed E-state index contributed by atoms with van der Waals surface area (Å²) in [6.45, 7) is 13.8. The van der Waals surface area contributed by atoms with E-state index in [0.717, 1.165) is 74.7 Å². The summed E-state index contributed by atoms with van der Waals surface area (Å²) < 4.78 is 7.92. The monoisotopic (exact) mass is 507 g/mol. The molecule has 200 valence electrons. The molecule has 0 saturated carbocycles. The molecule has 5 heterocycles. The molecule has 0 bridgehead atoms. The number of carbonyl (C=O) groups is 2. The molecule has 8 nitrogen and oxygen atoms in total. The van der Waals surface area contributed by atoms with Crippen molar-refractivity contribution in [2.24, 2.45) is 11.8 Å². The first kappa shape index (κ1) is 25.9. The second-order valence-corrected chi connectivity index (χ2v) is 11.0. The number of hydrogen-bond donors (Lipinski definition) is 3. The van der Waals surface area contributed by atoms with Crippen molar-refractivity contribution in [1.29, 1.82) is 0 Å². The third-order valence-electron chi connectivity index (χ3n) is 8.54. The van der Waals surface area contributed by atoms with Crippen LogP contribution in [0.2, 0.25) is 0 Å². The average Bonchev–Trinajstić information content (AvgIpc) is 3.32. The number of rotatable bonds is 6. The standard InChI is InChI=1S/C29H41N5O3/c1-18-13-19(2)32-29(36)26(18)16-31-28(35)25-15-24-14-23(22-5-7-30-8-6-22)17-34(24)27(20(25)3)21(4)33-9-11-37-12-10-33/h13-15,17-18,21-22,26,30H,5-12,16H2,1-4H3,(H,31,35)(H,32,36). The first-order chi connectivity index (χ1) is 17.8. The zero-order valence-electron chi connectivity index (χ0n) is 22.6. The smallest absolute Gasteiger partial charge is 0.251 e. The van der Waals surface area contributed by atoms with Gasteiger partial charge < -0.3 is 25.1 Å². The Kier molecular flexibility index (Phi) is 7.70. The molecule has 0 radical (unpaired) electrons. The normalized spacial score (nSPS) is 24.5. The first-order valence-corrected chi connectivity index (χ1v) is 13.8. The second-order valence-electron chi connectivity index (χ2n) is 11.0. The lowest BCUT2D eigenvalue weighted by atomic mass is 9.89. The molecule has 8 heteroatoms. The fraction of sp³-hybridized carbons (Fsp3) is 0.586. The number of allylic oxidation sites excluding steroid dienone is 2. The maximum absolute atomic E-state index is 13.6. The van der Waals surface area contributed by atoms with Crippen molar-refractivity contribution in [2.45, 2.75) is 52.5 Å². The van der Waals surface area contributed by atoms with Gasteiger partial charge in [0.05, 0.1) is 19.1 Å². The van der Waals surface area contributed by atoms with Crippen LogP contribution in [-0.4, -0.2) is 67.1 Å². The first-order valence-electron chi connectivity index (χ1n) is 13.8. The lowest BCUT2D eigenvalue weighted by Gasteiger charge is -2.34. The zero-order valence-corrected chi connectivity index (χ0v) is 22.6. The summed E-state index contributed by atoms with van der Waals surface area (Å²) >= 11 is 0. The highest BCUT2D eigenvalue weighted by molar-refractivity contribution is 5.97. The Labute approximate surface area is 219 Å². The van der Waals surface area contributed by atoms with Crippen LogP contribution in [0.3, 0.4) is 0 Å². The van der Waals surface area contributed by atoms with Gasteiger partial charge in [-0.3, -0.25) is 14.5 Å². The number of nitrogens with zero attached hydrogens (tertiary/aromatic N) is 2. The summed E-state index contributed by atoms with van der Waals surface area (Å²) in [5.74, 6) is 0.190. The van der Waals surface area contributed by atoms with Crippen molar-refractivity contribution in [3.05, 3.63) is 52.5 Å². The van der Waals surface area contributed by atoms with Crippen LogP contribution in [0.25, 0.3) is 5.52 Å². The van der Waals surface area contributed by atoms with Gasteiger partial charge in [0, 0.05) is 54.3 Å². The lowest BCUT2D eigenvalue weighted by molar-refractivity contribution is -0.125. The number of amides is 2. The summed E-state index contributed by atoms with van der Waals surface area (Å²) in [4.78, 5) is 28.6. The summed E-state index contributed by atoms with van der Waals surface area (Å²) in [7, 11) is 0. The van der Waals surface area contributed by atoms with E-state index >= 15 is 0 Å². The fourth-order valence-corrected chi connectivity index (χ4v) is 6.32. The number of ether oxygens (including phenoxy) is 1. The molecule has 3 aliphatic rings. The lowest BCUT2D eigenvalue weighted by Crippen LogP contribution is -2.44. The molecular weight excluding hydrogens is 466 g/mol. The minimum absolute atomic E-state index is 0.0280. The van der Waals surface area contributed by atoms with Crippen LogP contribution in [-0.2, 0) is 9.53 Å². The third-order valence-corrected chi connectivity index (χ3v) is 8.54. The molecule has 2 saturated heterocycles. The van der Waals surface area contributed by atoms with Crippen LogP contribution >= 0.6 is 0 Å². The van der Waals surface area contributed by atoms with Crippen molar-refractivity contribution in [1.82, 2.24) is 25.3 Å². The molecule has 2 amide bonds. The van der Waals surface area contributed by atoms with E-state index in [9.17, 15) is 9.59 Å². The molecule has 2 fully saturated rings. The van der Waals surface area contributed by atoms with Gasteiger partial charge in [0.1, 0.15) is 0 Å². The Morgan fingerprint density at radius 3 is 2.62 bits per heavy atom. The van der Waals surface area contributed by atoms with Gasteiger partial charge >= 0.3 is 0 Å². The Hall–Kier alpha value is -2.68. The number of carbonyl (C=O) groups excluding carboxylic acids is 2. The Morgan fingerprint density at radius 1 is 1.19 bits per heavy atom. The van der Waals surface area contributed by atoms with Crippen LogP contribution < -0.4 is 16.0 Å². The maximum Gasteiger partial charge on any atom is 0.251 e. The maximum atomic E-state index is 13.6. The van der Waals surface area contributed by atoms with Gasteiger partial charge in [-0.25, -0.2) is 0 Å². The van der Waals surface area contributed by atoms with Gasteiger partial charge in [0.15, 0.2) is 0 Å². The Bertz CT molecular complexity index is 1190. The number of piperidine rings is 1. The van der Waals surface area contributed by atoms with E-state index in [1.54, 1.807) is 0 Å². The number of fused-ring (bicyclic) bond motifs is 1. The third kappa shape index (κ3) is 5.33. The van der Waals surface area contributed by atoms with Gasteiger partial charge in [-0.05, 0) is 81.8 Å². The number of hydrogen-bond acceptors (Lipinski definition) is 5. The number of aromatic nitrogens is 1. The molecule has 2 aromatic rings. The summed E-state index contributed by atoms with van der Waals surface area (Å²) in [6.07, 6.45) is 6.62. The Balaban J connectivity index is 1.48. The van der Waals surface area contributed by atoms with Crippen molar-refractivity contribution in [3.63, 3.8) is 0 Å². The molecule has 3 N–H and O–H groups in total. The summed E-state index contributed by atoms with van der Waals surface area (Å²) in [5, 5.41) is 9.45.